The fourth-order valence-electron chi connectivity index (χ4n) is 0.300. The quantitative estimate of drug-likeness (QED) is 0.580. The average Bonchev–Trinajstić information content (AvgIpc) is 1.82. The van der Waals surface area contributed by atoms with Crippen LogP contribution in [0.15, 0.2) is 0 Å². The summed E-state index contributed by atoms with van der Waals surface area (Å²) in [4.78, 5) is 20.4. The zero-order chi connectivity index (χ0) is 8.15. The van der Waals surface area contributed by atoms with Gasteiger partial charge in [-0.2, -0.15) is 0 Å². The highest BCUT2D eigenvalue weighted by molar-refractivity contribution is 5.76. The van der Waals surface area contributed by atoms with Crippen molar-refractivity contribution in [1.82, 2.24) is 0 Å². The highest BCUT2D eigenvalue weighted by atomic mass is 16.5. The van der Waals surface area contributed by atoms with Crippen molar-refractivity contribution in [3.8, 4) is 0 Å². The predicted molar refractivity (Wildman–Crippen MR) is 33.4 cm³/mol. The van der Waals surface area contributed by atoms with Crippen molar-refractivity contribution in [1.29, 1.82) is 0 Å². The van der Waals surface area contributed by atoms with E-state index in [1.165, 1.54) is 0 Å². The smallest absolute Gasteiger partial charge is 0.341 e. The van der Waals surface area contributed by atoms with Crippen LogP contribution in [0.3, 0.4) is 0 Å². The first kappa shape index (κ1) is 8.94. The number of carboxylic acids is 1. The van der Waals surface area contributed by atoms with Gasteiger partial charge in [0.1, 0.15) is 0 Å². The fraction of sp³-hybridized carbons (Fsp3) is 0.667. The molecule has 0 bridgehead atoms. The maximum atomic E-state index is 10.6. The second-order valence-corrected chi connectivity index (χ2v) is 2.16. The molecule has 0 radical (unpaired) electrons. The van der Waals surface area contributed by atoms with Crippen LogP contribution in [0.25, 0.3) is 0 Å². The molecule has 0 heterocycles. The SMILES string of the molecule is CC(C)C(=O)OCC(=O)O. The summed E-state index contributed by atoms with van der Waals surface area (Å²) in [7, 11) is 0. The van der Waals surface area contributed by atoms with Gasteiger partial charge in [-0.3, -0.25) is 4.79 Å². The van der Waals surface area contributed by atoms with Crippen LogP contribution in [0.1, 0.15) is 13.8 Å². The third-order valence-corrected chi connectivity index (χ3v) is 0.809. The molecule has 0 aliphatic heterocycles. The van der Waals surface area contributed by atoms with E-state index in [0.717, 1.165) is 0 Å². The molecule has 4 nitrogen and oxygen atoms in total. The zero-order valence-electron chi connectivity index (χ0n) is 5.96. The Morgan fingerprint density at radius 1 is 1.50 bits per heavy atom. The molecule has 1 N–H and O–H groups in total. The largest absolute Gasteiger partial charge is 0.479 e. The fourth-order valence-corrected chi connectivity index (χ4v) is 0.300. The molecule has 0 aromatic rings. The summed E-state index contributed by atoms with van der Waals surface area (Å²) in [5, 5.41) is 8.07. The molecule has 0 aromatic heterocycles. The van der Waals surface area contributed by atoms with Crippen LogP contribution in [-0.4, -0.2) is 23.7 Å². The average molecular weight is 146 g/mol. The van der Waals surface area contributed by atoms with Crippen LogP contribution >= 0.6 is 0 Å². The van der Waals surface area contributed by atoms with E-state index in [1.807, 2.05) is 0 Å². The van der Waals surface area contributed by atoms with Crippen molar-refractivity contribution >= 4 is 11.9 Å². The zero-order valence-corrected chi connectivity index (χ0v) is 5.96. The molecule has 0 amide bonds. The van der Waals surface area contributed by atoms with E-state index in [0.29, 0.717) is 0 Å². The predicted octanol–water partition coefficient (Wildman–Crippen LogP) is 0.270. The second-order valence-electron chi connectivity index (χ2n) is 2.16. The van der Waals surface area contributed by atoms with Crippen LogP contribution in [0.2, 0.25) is 0 Å². The number of carbonyl (C=O) groups is 2. The molecule has 0 saturated carbocycles. The summed E-state index contributed by atoms with van der Waals surface area (Å²) in [5.41, 5.74) is 0. The lowest BCUT2D eigenvalue weighted by Gasteiger charge is -2.02. The summed E-state index contributed by atoms with van der Waals surface area (Å²) in [6, 6.07) is 0. The van der Waals surface area contributed by atoms with E-state index in [2.05, 4.69) is 4.74 Å². The van der Waals surface area contributed by atoms with Crippen molar-refractivity contribution < 1.29 is 19.4 Å². The highest BCUT2D eigenvalue weighted by Crippen LogP contribution is 1.94. The molecular formula is C6H10O4. The van der Waals surface area contributed by atoms with Crippen molar-refractivity contribution in [3.05, 3.63) is 0 Å². The monoisotopic (exact) mass is 146 g/mol. The first-order valence-electron chi connectivity index (χ1n) is 2.92. The van der Waals surface area contributed by atoms with Gasteiger partial charge < -0.3 is 9.84 Å². The van der Waals surface area contributed by atoms with Gasteiger partial charge >= 0.3 is 11.9 Å². The Bertz CT molecular complexity index is 139. The van der Waals surface area contributed by atoms with E-state index >= 15 is 0 Å². The van der Waals surface area contributed by atoms with E-state index in [1.54, 1.807) is 13.8 Å². The number of carboxylic acid groups (broad SMARTS) is 1. The molecule has 10 heavy (non-hydrogen) atoms. The molecule has 0 rings (SSSR count). The number of esters is 1. The van der Waals surface area contributed by atoms with Crippen molar-refractivity contribution in [3.63, 3.8) is 0 Å². The maximum Gasteiger partial charge on any atom is 0.341 e. The third kappa shape index (κ3) is 3.88. The number of aliphatic carboxylic acids is 1. The molecule has 0 spiro atoms. The van der Waals surface area contributed by atoms with E-state index in [9.17, 15) is 9.59 Å². The highest BCUT2D eigenvalue weighted by Gasteiger charge is 2.09. The Hall–Kier alpha value is -1.06. The van der Waals surface area contributed by atoms with Gasteiger partial charge in [-0.05, 0) is 0 Å². The van der Waals surface area contributed by atoms with Gasteiger partial charge in [0.25, 0.3) is 0 Å². The number of carbonyl (C=O) groups excluding carboxylic acids is 1. The maximum absolute atomic E-state index is 10.6. The normalized spacial score (nSPS) is 9.50. The summed E-state index contributed by atoms with van der Waals surface area (Å²) in [6.07, 6.45) is 0. The second kappa shape index (κ2) is 3.87. The Balaban J connectivity index is 3.50. The van der Waals surface area contributed by atoms with Gasteiger partial charge in [0, 0.05) is 0 Å². The summed E-state index contributed by atoms with van der Waals surface area (Å²) in [6.45, 7) is 2.74. The lowest BCUT2D eigenvalue weighted by atomic mass is 10.2. The lowest BCUT2D eigenvalue weighted by Crippen LogP contribution is -2.16. The van der Waals surface area contributed by atoms with Crippen molar-refractivity contribution in [2.75, 3.05) is 6.61 Å². The van der Waals surface area contributed by atoms with E-state index in [4.69, 9.17) is 5.11 Å². The minimum Gasteiger partial charge on any atom is -0.479 e. The van der Waals surface area contributed by atoms with Crippen molar-refractivity contribution in [2.45, 2.75) is 13.8 Å². The molecule has 0 unspecified atom stereocenters. The Kier molecular flexibility index (Phi) is 3.46. The molecular weight excluding hydrogens is 136 g/mol. The topological polar surface area (TPSA) is 63.6 Å². The summed E-state index contributed by atoms with van der Waals surface area (Å²) in [5.74, 6) is -1.88. The first-order valence-corrected chi connectivity index (χ1v) is 2.92. The van der Waals surface area contributed by atoms with Crippen molar-refractivity contribution in [2.24, 2.45) is 5.92 Å². The van der Waals surface area contributed by atoms with Gasteiger partial charge in [-0.25, -0.2) is 4.79 Å². The minimum absolute atomic E-state index is 0.264. The standard InChI is InChI=1S/C6H10O4/c1-4(2)6(9)10-3-5(7)8/h4H,3H2,1-2H3,(H,7,8). The van der Waals surface area contributed by atoms with E-state index in [-0.39, 0.29) is 5.92 Å². The van der Waals surface area contributed by atoms with Crippen LogP contribution in [0.5, 0.6) is 0 Å². The number of hydrogen-bond acceptors (Lipinski definition) is 3. The first-order chi connectivity index (χ1) is 4.54. The number of hydrogen-bond donors (Lipinski definition) is 1. The van der Waals surface area contributed by atoms with Crippen LogP contribution < -0.4 is 0 Å². The summed E-state index contributed by atoms with van der Waals surface area (Å²) < 4.78 is 4.33. The Labute approximate surface area is 58.8 Å². The molecule has 0 aliphatic rings. The number of rotatable bonds is 3. The van der Waals surface area contributed by atoms with Gasteiger partial charge in [0.05, 0.1) is 5.92 Å². The molecule has 0 atom stereocenters. The third-order valence-electron chi connectivity index (χ3n) is 0.809. The molecule has 58 valence electrons. The van der Waals surface area contributed by atoms with Crippen LogP contribution in [0.4, 0.5) is 0 Å². The Morgan fingerprint density at radius 2 is 2.00 bits per heavy atom. The molecule has 4 heteroatoms. The van der Waals surface area contributed by atoms with Gasteiger partial charge in [-0.1, -0.05) is 13.8 Å². The summed E-state index contributed by atoms with van der Waals surface area (Å²) >= 11 is 0. The van der Waals surface area contributed by atoms with Crippen LogP contribution in [0, 0.1) is 5.92 Å². The molecule has 0 aromatic carbocycles. The van der Waals surface area contributed by atoms with E-state index < -0.39 is 18.5 Å². The Morgan fingerprint density at radius 3 is 2.30 bits per heavy atom. The van der Waals surface area contributed by atoms with Gasteiger partial charge in [-0.15, -0.1) is 0 Å². The molecule has 0 saturated heterocycles. The molecule has 0 aliphatic carbocycles. The number of ether oxygens (including phenoxy) is 1. The van der Waals surface area contributed by atoms with Gasteiger partial charge in [0.15, 0.2) is 6.61 Å². The lowest BCUT2D eigenvalue weighted by molar-refractivity contribution is -0.157. The minimum atomic E-state index is -1.13. The van der Waals surface area contributed by atoms with Crippen LogP contribution in [-0.2, 0) is 14.3 Å². The molecule has 0 fully saturated rings. The van der Waals surface area contributed by atoms with Gasteiger partial charge in [0.2, 0.25) is 0 Å².